The molecule has 0 radical (unpaired) electrons. The third kappa shape index (κ3) is 3.95. The number of esters is 1. The number of nitrogens with zero attached hydrogens (tertiary/aromatic N) is 1. The second-order valence-corrected chi connectivity index (χ2v) is 6.63. The normalized spacial score (nSPS) is 11.1. The van der Waals surface area contributed by atoms with Gasteiger partial charge < -0.3 is 14.6 Å². The lowest BCUT2D eigenvalue weighted by Crippen LogP contribution is -2.15. The number of benzene rings is 2. The molecule has 2 aromatic carbocycles. The number of nitrogens with one attached hydrogen (secondary N) is 1. The average molecular weight is 371 g/mol. The number of hydrogen-bond donors (Lipinski definition) is 1. The fraction of sp³-hybridized carbons (Fsp3) is 0.200. The minimum atomic E-state index is -0.613. The molecule has 0 atom stereocenters. The Balaban J connectivity index is 1.90. The minimum Gasteiger partial charge on any atom is -0.422 e. The van der Waals surface area contributed by atoms with Crippen molar-refractivity contribution < 1.29 is 14.3 Å². The van der Waals surface area contributed by atoms with Crippen LogP contribution < -0.4 is 4.74 Å². The summed E-state index contributed by atoms with van der Waals surface area (Å²) in [6.07, 6.45) is 2.77. The van der Waals surface area contributed by atoms with E-state index in [1.54, 1.807) is 24.3 Å². The van der Waals surface area contributed by atoms with Crippen molar-refractivity contribution in [2.45, 2.75) is 6.42 Å². The number of H-pyrrole nitrogens is 1. The summed E-state index contributed by atoms with van der Waals surface area (Å²) in [5, 5.41) is 0.283. The highest BCUT2D eigenvalue weighted by Crippen LogP contribution is 2.30. The summed E-state index contributed by atoms with van der Waals surface area (Å²) >= 11 is 5.49. The van der Waals surface area contributed by atoms with Crippen LogP contribution in [0.3, 0.4) is 0 Å². The summed E-state index contributed by atoms with van der Waals surface area (Å²) in [4.78, 5) is 29.1. The van der Waals surface area contributed by atoms with E-state index in [1.807, 2.05) is 32.4 Å². The molecule has 1 heterocycles. The standard InChI is InChI=1S/C20H19ClN2O3/c1-23(2)10-9-15-12-22-16-7-4-8-17(18(15)16)26-20(25)14-6-3-5-13(11-14)19(21)24/h3-8,11-12,22H,9-10H2,1-2H3. The first kappa shape index (κ1) is 18.2. The van der Waals surface area contributed by atoms with E-state index in [1.165, 1.54) is 6.07 Å². The van der Waals surface area contributed by atoms with E-state index in [0.29, 0.717) is 5.75 Å². The molecule has 0 spiro atoms. The first-order valence-electron chi connectivity index (χ1n) is 8.21. The first-order valence-corrected chi connectivity index (χ1v) is 8.59. The van der Waals surface area contributed by atoms with Gasteiger partial charge in [0, 0.05) is 29.2 Å². The molecular formula is C20H19ClN2O3. The van der Waals surface area contributed by atoms with E-state index in [9.17, 15) is 9.59 Å². The summed E-state index contributed by atoms with van der Waals surface area (Å²) < 4.78 is 5.63. The van der Waals surface area contributed by atoms with Crippen LogP contribution in [0.15, 0.2) is 48.7 Å². The van der Waals surface area contributed by atoms with Crippen LogP contribution in [-0.2, 0) is 6.42 Å². The summed E-state index contributed by atoms with van der Waals surface area (Å²) in [6, 6.07) is 11.7. The highest BCUT2D eigenvalue weighted by molar-refractivity contribution is 6.67. The summed E-state index contributed by atoms with van der Waals surface area (Å²) in [6.45, 7) is 0.884. The van der Waals surface area contributed by atoms with Crippen molar-refractivity contribution in [2.75, 3.05) is 20.6 Å². The molecule has 134 valence electrons. The summed E-state index contributed by atoms with van der Waals surface area (Å²) in [7, 11) is 4.03. The Bertz CT molecular complexity index is 963. The van der Waals surface area contributed by atoms with E-state index in [2.05, 4.69) is 9.88 Å². The van der Waals surface area contributed by atoms with Crippen molar-refractivity contribution in [3.05, 3.63) is 65.4 Å². The quantitative estimate of drug-likeness (QED) is 0.406. The molecule has 3 aromatic rings. The van der Waals surface area contributed by atoms with Gasteiger partial charge in [0.1, 0.15) is 5.75 Å². The predicted molar refractivity (Wildman–Crippen MR) is 102 cm³/mol. The van der Waals surface area contributed by atoms with Gasteiger partial charge in [-0.25, -0.2) is 4.79 Å². The Kier molecular flexibility index (Phi) is 5.40. The molecule has 0 aliphatic heterocycles. The van der Waals surface area contributed by atoms with E-state index in [4.69, 9.17) is 16.3 Å². The molecule has 5 nitrogen and oxygen atoms in total. The monoisotopic (exact) mass is 370 g/mol. The van der Waals surface area contributed by atoms with Crippen LogP contribution in [0.4, 0.5) is 0 Å². The van der Waals surface area contributed by atoms with Gasteiger partial charge in [0.2, 0.25) is 0 Å². The number of likely N-dealkylation sites (N-methyl/N-ethyl adjacent to an activating group) is 1. The van der Waals surface area contributed by atoms with Crippen molar-refractivity contribution in [3.8, 4) is 5.75 Å². The fourth-order valence-electron chi connectivity index (χ4n) is 2.77. The van der Waals surface area contributed by atoms with Crippen molar-refractivity contribution in [2.24, 2.45) is 0 Å². The van der Waals surface area contributed by atoms with Crippen LogP contribution in [0.2, 0.25) is 0 Å². The summed E-state index contributed by atoms with van der Waals surface area (Å²) in [5.74, 6) is -0.0397. The van der Waals surface area contributed by atoms with Crippen molar-refractivity contribution in [1.82, 2.24) is 9.88 Å². The van der Waals surface area contributed by atoms with Gasteiger partial charge in [-0.05, 0) is 61.9 Å². The second-order valence-electron chi connectivity index (χ2n) is 6.29. The smallest absolute Gasteiger partial charge is 0.343 e. The average Bonchev–Trinajstić information content (AvgIpc) is 3.04. The van der Waals surface area contributed by atoms with Gasteiger partial charge in [0.25, 0.3) is 5.24 Å². The van der Waals surface area contributed by atoms with Crippen LogP contribution >= 0.6 is 11.6 Å². The van der Waals surface area contributed by atoms with E-state index in [-0.39, 0.29) is 11.1 Å². The topological polar surface area (TPSA) is 62.4 Å². The van der Waals surface area contributed by atoms with Crippen molar-refractivity contribution in [1.29, 1.82) is 0 Å². The maximum atomic E-state index is 12.5. The van der Waals surface area contributed by atoms with Crippen LogP contribution in [0.5, 0.6) is 5.75 Å². The molecule has 0 amide bonds. The summed E-state index contributed by atoms with van der Waals surface area (Å²) in [5.41, 5.74) is 2.53. The number of ether oxygens (including phenoxy) is 1. The molecule has 0 bridgehead atoms. The number of halogens is 1. The number of aromatic nitrogens is 1. The van der Waals surface area contributed by atoms with Crippen LogP contribution in [-0.4, -0.2) is 41.7 Å². The maximum absolute atomic E-state index is 12.5. The van der Waals surface area contributed by atoms with Crippen molar-refractivity contribution in [3.63, 3.8) is 0 Å². The molecule has 0 saturated heterocycles. The molecular weight excluding hydrogens is 352 g/mol. The van der Waals surface area contributed by atoms with Crippen LogP contribution in [0.25, 0.3) is 10.9 Å². The number of fused-ring (bicyclic) bond motifs is 1. The molecule has 0 aliphatic carbocycles. The molecule has 1 N–H and O–H groups in total. The van der Waals surface area contributed by atoms with Gasteiger partial charge in [0.15, 0.2) is 0 Å². The zero-order valence-electron chi connectivity index (χ0n) is 14.6. The SMILES string of the molecule is CN(C)CCc1c[nH]c2cccc(OC(=O)c3cccc(C(=O)Cl)c3)c12. The zero-order valence-corrected chi connectivity index (χ0v) is 15.3. The van der Waals surface area contributed by atoms with Gasteiger partial charge in [-0.15, -0.1) is 0 Å². The second kappa shape index (κ2) is 7.72. The van der Waals surface area contributed by atoms with Gasteiger partial charge in [0.05, 0.1) is 5.56 Å². The maximum Gasteiger partial charge on any atom is 0.343 e. The highest BCUT2D eigenvalue weighted by Gasteiger charge is 2.15. The van der Waals surface area contributed by atoms with Gasteiger partial charge in [-0.2, -0.15) is 0 Å². The zero-order chi connectivity index (χ0) is 18.7. The third-order valence-electron chi connectivity index (χ3n) is 4.11. The highest BCUT2D eigenvalue weighted by atomic mass is 35.5. The van der Waals surface area contributed by atoms with Gasteiger partial charge >= 0.3 is 5.97 Å². The van der Waals surface area contributed by atoms with Crippen molar-refractivity contribution >= 4 is 33.7 Å². The largest absolute Gasteiger partial charge is 0.422 e. The lowest BCUT2D eigenvalue weighted by atomic mass is 10.1. The van der Waals surface area contributed by atoms with Gasteiger partial charge in [-0.1, -0.05) is 18.2 Å². The molecule has 0 saturated carbocycles. The number of aromatic amines is 1. The van der Waals surface area contributed by atoms with E-state index in [0.717, 1.165) is 29.4 Å². The number of hydrogen-bond acceptors (Lipinski definition) is 4. The first-order chi connectivity index (χ1) is 12.5. The molecule has 0 aliphatic rings. The number of rotatable bonds is 6. The van der Waals surface area contributed by atoms with E-state index < -0.39 is 11.2 Å². The molecule has 6 heteroatoms. The molecule has 0 unspecified atom stereocenters. The Hall–Kier alpha value is -2.63. The molecule has 0 fully saturated rings. The van der Waals surface area contributed by atoms with E-state index >= 15 is 0 Å². The fourth-order valence-corrected chi connectivity index (χ4v) is 2.89. The predicted octanol–water partition coefficient (Wildman–Crippen LogP) is 3.87. The Labute approximate surface area is 156 Å². The lowest BCUT2D eigenvalue weighted by Gasteiger charge is -2.10. The number of carbonyl (C=O) groups is 2. The minimum absolute atomic E-state index is 0.257. The third-order valence-corrected chi connectivity index (χ3v) is 4.32. The van der Waals surface area contributed by atoms with Crippen LogP contribution in [0.1, 0.15) is 26.3 Å². The van der Waals surface area contributed by atoms with Crippen LogP contribution in [0, 0.1) is 0 Å². The molecule has 26 heavy (non-hydrogen) atoms. The Morgan fingerprint density at radius 1 is 1.12 bits per heavy atom. The number of carbonyl (C=O) groups excluding carboxylic acids is 2. The molecule has 1 aromatic heterocycles. The molecule has 3 rings (SSSR count). The Morgan fingerprint density at radius 3 is 2.58 bits per heavy atom. The Morgan fingerprint density at radius 2 is 1.85 bits per heavy atom. The lowest BCUT2D eigenvalue weighted by molar-refractivity contribution is 0.0737. The van der Waals surface area contributed by atoms with Gasteiger partial charge in [-0.3, -0.25) is 4.79 Å².